The van der Waals surface area contributed by atoms with E-state index in [1.807, 2.05) is 25.4 Å². The first-order valence-corrected chi connectivity index (χ1v) is 5.80. The van der Waals surface area contributed by atoms with Gasteiger partial charge in [-0.25, -0.2) is 4.98 Å². The predicted octanol–water partition coefficient (Wildman–Crippen LogP) is 2.97. The molecule has 0 unspecified atom stereocenters. The van der Waals surface area contributed by atoms with E-state index in [1.165, 1.54) is 0 Å². The smallest absolute Gasteiger partial charge is 0.127 e. The van der Waals surface area contributed by atoms with E-state index in [1.54, 1.807) is 0 Å². The highest BCUT2D eigenvalue weighted by atomic mass is 15.1. The molecule has 3 nitrogen and oxygen atoms in total. The Morgan fingerprint density at radius 2 is 1.81 bits per heavy atom. The van der Waals surface area contributed by atoms with Gasteiger partial charge < -0.3 is 10.6 Å². The molecule has 3 heteroatoms. The van der Waals surface area contributed by atoms with Crippen molar-refractivity contribution in [3.63, 3.8) is 0 Å². The summed E-state index contributed by atoms with van der Waals surface area (Å²) in [6, 6.07) is 4.60. The molecule has 1 fully saturated rings. The maximum Gasteiger partial charge on any atom is 0.127 e. The van der Waals surface area contributed by atoms with Gasteiger partial charge in [-0.1, -0.05) is 27.7 Å². The summed E-state index contributed by atoms with van der Waals surface area (Å²) >= 11 is 0. The molecule has 2 N–H and O–H groups in total. The molecule has 88 valence electrons. The van der Waals surface area contributed by atoms with E-state index in [4.69, 9.17) is 0 Å². The van der Waals surface area contributed by atoms with Gasteiger partial charge in [0.05, 0.1) is 0 Å². The van der Waals surface area contributed by atoms with Crippen molar-refractivity contribution in [2.45, 2.75) is 33.7 Å². The van der Waals surface area contributed by atoms with Crippen LogP contribution in [0.25, 0.3) is 0 Å². The summed E-state index contributed by atoms with van der Waals surface area (Å²) in [6.45, 7) is 9.24. The highest BCUT2D eigenvalue weighted by Crippen LogP contribution is 2.63. The first-order valence-electron chi connectivity index (χ1n) is 5.80. The van der Waals surface area contributed by atoms with Crippen LogP contribution in [-0.2, 0) is 0 Å². The van der Waals surface area contributed by atoms with Crippen molar-refractivity contribution < 1.29 is 0 Å². The molecular formula is C13H21N3. The fourth-order valence-corrected chi connectivity index (χ4v) is 2.38. The van der Waals surface area contributed by atoms with Crippen LogP contribution in [-0.4, -0.2) is 18.1 Å². The van der Waals surface area contributed by atoms with Gasteiger partial charge in [0.1, 0.15) is 5.82 Å². The number of nitrogens with one attached hydrogen (secondary N) is 2. The van der Waals surface area contributed by atoms with E-state index < -0.39 is 0 Å². The van der Waals surface area contributed by atoms with E-state index >= 15 is 0 Å². The first kappa shape index (κ1) is 11.2. The van der Waals surface area contributed by atoms with Crippen LogP contribution < -0.4 is 10.6 Å². The first-order chi connectivity index (χ1) is 7.39. The fraction of sp³-hybridized carbons (Fsp3) is 0.615. The second-order valence-electron chi connectivity index (χ2n) is 5.70. The lowest BCUT2D eigenvalue weighted by atomic mass is 10.0. The van der Waals surface area contributed by atoms with Gasteiger partial charge in [0.15, 0.2) is 0 Å². The molecule has 0 saturated heterocycles. The number of pyridine rings is 1. The van der Waals surface area contributed by atoms with Gasteiger partial charge in [0.25, 0.3) is 0 Å². The van der Waals surface area contributed by atoms with Crippen molar-refractivity contribution in [3.05, 3.63) is 18.3 Å². The summed E-state index contributed by atoms with van der Waals surface area (Å²) in [4.78, 5) is 4.21. The summed E-state index contributed by atoms with van der Waals surface area (Å²) < 4.78 is 0. The summed E-state index contributed by atoms with van der Waals surface area (Å²) in [5, 5.41) is 6.64. The van der Waals surface area contributed by atoms with Crippen LogP contribution in [0.4, 0.5) is 11.5 Å². The third kappa shape index (κ3) is 1.55. The molecule has 1 aliphatic rings. The topological polar surface area (TPSA) is 37.0 Å². The summed E-state index contributed by atoms with van der Waals surface area (Å²) in [5.74, 6) is 0.904. The highest BCUT2D eigenvalue weighted by Gasteiger charge is 2.64. The lowest BCUT2D eigenvalue weighted by Crippen LogP contribution is -2.10. The molecule has 1 aromatic heterocycles. The number of rotatable bonds is 3. The molecule has 1 aromatic rings. The van der Waals surface area contributed by atoms with Gasteiger partial charge in [0, 0.05) is 31.0 Å². The van der Waals surface area contributed by atoms with E-state index in [0.717, 1.165) is 11.5 Å². The lowest BCUT2D eigenvalue weighted by molar-refractivity contribution is 0.457. The molecule has 0 atom stereocenters. The third-order valence-electron chi connectivity index (χ3n) is 4.35. The van der Waals surface area contributed by atoms with E-state index in [0.29, 0.717) is 16.9 Å². The molecule has 1 saturated carbocycles. The maximum absolute atomic E-state index is 4.21. The molecule has 0 spiro atoms. The number of anilines is 2. The molecule has 0 bridgehead atoms. The van der Waals surface area contributed by atoms with Crippen molar-refractivity contribution in [1.29, 1.82) is 0 Å². The SMILES string of the molecule is CNc1cc(NC2C(C)(C)C2(C)C)ccn1. The molecule has 0 aromatic carbocycles. The van der Waals surface area contributed by atoms with Crippen LogP contribution in [0.3, 0.4) is 0 Å². The lowest BCUT2D eigenvalue weighted by Gasteiger charge is -2.09. The number of hydrogen-bond acceptors (Lipinski definition) is 3. The Morgan fingerprint density at radius 3 is 2.31 bits per heavy atom. The van der Waals surface area contributed by atoms with Crippen LogP contribution >= 0.6 is 0 Å². The Labute approximate surface area is 97.7 Å². The molecule has 0 aliphatic heterocycles. The monoisotopic (exact) mass is 219 g/mol. The minimum Gasteiger partial charge on any atom is -0.381 e. The second kappa shape index (κ2) is 3.37. The molecule has 0 amide bonds. The Kier molecular flexibility index (Phi) is 2.37. The fourth-order valence-electron chi connectivity index (χ4n) is 2.38. The quantitative estimate of drug-likeness (QED) is 0.820. The zero-order chi connectivity index (χ0) is 12.0. The van der Waals surface area contributed by atoms with Crippen LogP contribution in [0.1, 0.15) is 27.7 Å². The average Bonchev–Trinajstić information content (AvgIpc) is 2.61. The molecule has 1 heterocycles. The average molecular weight is 219 g/mol. The zero-order valence-electron chi connectivity index (χ0n) is 10.8. The summed E-state index contributed by atoms with van der Waals surface area (Å²) in [6.07, 6.45) is 1.83. The van der Waals surface area contributed by atoms with Crippen LogP contribution in [0.5, 0.6) is 0 Å². The van der Waals surface area contributed by atoms with Crippen molar-refractivity contribution in [2.24, 2.45) is 10.8 Å². The van der Waals surface area contributed by atoms with Crippen molar-refractivity contribution in [3.8, 4) is 0 Å². The molecule has 0 radical (unpaired) electrons. The van der Waals surface area contributed by atoms with Gasteiger partial charge in [0.2, 0.25) is 0 Å². The number of aromatic nitrogens is 1. The van der Waals surface area contributed by atoms with E-state index in [-0.39, 0.29) is 0 Å². The number of hydrogen-bond donors (Lipinski definition) is 2. The van der Waals surface area contributed by atoms with Gasteiger partial charge in [-0.05, 0) is 16.9 Å². The second-order valence-corrected chi connectivity index (χ2v) is 5.70. The largest absolute Gasteiger partial charge is 0.381 e. The maximum atomic E-state index is 4.21. The minimum atomic E-state index is 0.357. The van der Waals surface area contributed by atoms with Crippen LogP contribution in [0, 0.1) is 10.8 Å². The standard InChI is InChI=1S/C13H21N3/c1-12(2)11(13(12,3)4)16-9-6-7-15-10(8-9)14-5/h6-8,11H,1-5H3,(H2,14,15,16). The third-order valence-corrected chi connectivity index (χ3v) is 4.35. The molecule has 16 heavy (non-hydrogen) atoms. The zero-order valence-corrected chi connectivity index (χ0v) is 10.8. The Balaban J connectivity index is 2.12. The Bertz CT molecular complexity index is 382. The Hall–Kier alpha value is -1.25. The molecular weight excluding hydrogens is 198 g/mol. The van der Waals surface area contributed by atoms with Crippen molar-refractivity contribution >= 4 is 11.5 Å². The van der Waals surface area contributed by atoms with E-state index in [2.05, 4.69) is 43.3 Å². The predicted molar refractivity (Wildman–Crippen MR) is 68.8 cm³/mol. The number of nitrogens with zero attached hydrogens (tertiary/aromatic N) is 1. The summed E-state index contributed by atoms with van der Waals surface area (Å²) in [5.41, 5.74) is 1.86. The van der Waals surface area contributed by atoms with Gasteiger partial charge in [-0.3, -0.25) is 0 Å². The van der Waals surface area contributed by atoms with Crippen molar-refractivity contribution in [1.82, 2.24) is 4.98 Å². The normalized spacial score (nSPS) is 21.6. The summed E-state index contributed by atoms with van der Waals surface area (Å²) in [7, 11) is 1.89. The molecule has 2 rings (SSSR count). The van der Waals surface area contributed by atoms with Crippen molar-refractivity contribution in [2.75, 3.05) is 17.7 Å². The highest BCUT2D eigenvalue weighted by molar-refractivity contribution is 5.54. The van der Waals surface area contributed by atoms with Gasteiger partial charge in [-0.15, -0.1) is 0 Å². The Morgan fingerprint density at radius 1 is 1.19 bits per heavy atom. The molecule has 1 aliphatic carbocycles. The van der Waals surface area contributed by atoms with Gasteiger partial charge >= 0.3 is 0 Å². The minimum absolute atomic E-state index is 0.357. The van der Waals surface area contributed by atoms with Crippen LogP contribution in [0.15, 0.2) is 18.3 Å². The van der Waals surface area contributed by atoms with Crippen LogP contribution in [0.2, 0.25) is 0 Å². The van der Waals surface area contributed by atoms with E-state index in [9.17, 15) is 0 Å². The van der Waals surface area contributed by atoms with Gasteiger partial charge in [-0.2, -0.15) is 0 Å².